The molecule has 0 amide bonds. The number of carboxylic acid groups (broad SMARTS) is 1. The molecule has 0 fully saturated rings. The van der Waals surface area contributed by atoms with Gasteiger partial charge in [-0.2, -0.15) is 0 Å². The van der Waals surface area contributed by atoms with Crippen LogP contribution in [0.25, 0.3) is 0 Å². The molecule has 1 aliphatic rings. The highest BCUT2D eigenvalue weighted by atomic mass is 16.4. The van der Waals surface area contributed by atoms with E-state index >= 15 is 0 Å². The predicted octanol–water partition coefficient (Wildman–Crippen LogP) is 2.24. The van der Waals surface area contributed by atoms with Crippen LogP contribution in [0.2, 0.25) is 0 Å². The zero-order valence-electron chi connectivity index (χ0n) is 10.3. The summed E-state index contributed by atoms with van der Waals surface area (Å²) in [5, 5.41) is 12.0. The first-order valence-corrected chi connectivity index (χ1v) is 5.98. The summed E-state index contributed by atoms with van der Waals surface area (Å²) in [5.41, 5.74) is 1.61. The van der Waals surface area contributed by atoms with Crippen LogP contribution >= 0.6 is 0 Å². The van der Waals surface area contributed by atoms with E-state index in [9.17, 15) is 4.79 Å². The van der Waals surface area contributed by atoms with Crippen molar-refractivity contribution in [3.63, 3.8) is 0 Å². The van der Waals surface area contributed by atoms with Crippen molar-refractivity contribution in [3.05, 3.63) is 23.4 Å². The van der Waals surface area contributed by atoms with Gasteiger partial charge in [0.1, 0.15) is 11.4 Å². The standard InChI is InChI=1S/C13H18N2O2/c1-13(2,12(16)17)15-11-7-9-5-3-4-6-10(9)8-14-11/h7-8H,3-6H2,1-2H3,(H,14,15)(H,16,17). The lowest BCUT2D eigenvalue weighted by molar-refractivity contribution is -0.141. The summed E-state index contributed by atoms with van der Waals surface area (Å²) in [6.45, 7) is 3.27. The molecule has 1 aromatic heterocycles. The first kappa shape index (κ1) is 11.9. The number of aliphatic carboxylic acids is 1. The van der Waals surface area contributed by atoms with Crippen LogP contribution in [0.5, 0.6) is 0 Å². The van der Waals surface area contributed by atoms with Gasteiger partial charge >= 0.3 is 5.97 Å². The van der Waals surface area contributed by atoms with E-state index in [2.05, 4.69) is 10.3 Å². The minimum Gasteiger partial charge on any atom is -0.480 e. The highest BCUT2D eigenvalue weighted by Crippen LogP contribution is 2.23. The quantitative estimate of drug-likeness (QED) is 0.842. The predicted molar refractivity (Wildman–Crippen MR) is 66.2 cm³/mol. The number of nitrogens with one attached hydrogen (secondary N) is 1. The van der Waals surface area contributed by atoms with E-state index in [4.69, 9.17) is 5.11 Å². The van der Waals surface area contributed by atoms with Gasteiger partial charge in [0.2, 0.25) is 0 Å². The van der Waals surface area contributed by atoms with Crippen LogP contribution in [0.15, 0.2) is 12.3 Å². The minimum atomic E-state index is -0.990. The van der Waals surface area contributed by atoms with Crippen LogP contribution in [-0.2, 0) is 17.6 Å². The van der Waals surface area contributed by atoms with Gasteiger partial charge in [-0.3, -0.25) is 0 Å². The molecule has 0 aliphatic heterocycles. The van der Waals surface area contributed by atoms with Gasteiger partial charge in [0.25, 0.3) is 0 Å². The Morgan fingerprint density at radius 2 is 2.00 bits per heavy atom. The van der Waals surface area contributed by atoms with Gasteiger partial charge in [0.15, 0.2) is 0 Å². The average molecular weight is 234 g/mol. The second-order valence-electron chi connectivity index (χ2n) is 5.10. The Morgan fingerprint density at radius 3 is 2.65 bits per heavy atom. The summed E-state index contributed by atoms with van der Waals surface area (Å²) in [7, 11) is 0. The van der Waals surface area contributed by atoms with Crippen LogP contribution in [0.3, 0.4) is 0 Å². The van der Waals surface area contributed by atoms with Gasteiger partial charge < -0.3 is 10.4 Å². The summed E-state index contributed by atoms with van der Waals surface area (Å²) < 4.78 is 0. The number of aryl methyl sites for hydroxylation is 2. The van der Waals surface area contributed by atoms with E-state index in [-0.39, 0.29) is 0 Å². The summed E-state index contributed by atoms with van der Waals surface area (Å²) in [6.07, 6.45) is 6.46. The molecule has 0 radical (unpaired) electrons. The molecule has 0 atom stereocenters. The van der Waals surface area contributed by atoms with E-state index in [1.54, 1.807) is 13.8 Å². The summed E-state index contributed by atoms with van der Waals surface area (Å²) in [4.78, 5) is 15.3. The topological polar surface area (TPSA) is 62.2 Å². The molecule has 0 saturated heterocycles. The largest absolute Gasteiger partial charge is 0.480 e. The van der Waals surface area contributed by atoms with Gasteiger partial charge in [-0.05, 0) is 56.7 Å². The molecule has 0 unspecified atom stereocenters. The van der Waals surface area contributed by atoms with Gasteiger partial charge in [-0.15, -0.1) is 0 Å². The summed E-state index contributed by atoms with van der Waals surface area (Å²) >= 11 is 0. The lowest BCUT2D eigenvalue weighted by Gasteiger charge is -2.23. The molecule has 2 N–H and O–H groups in total. The third kappa shape index (κ3) is 2.57. The van der Waals surface area contributed by atoms with Gasteiger partial charge in [0.05, 0.1) is 0 Å². The molecule has 4 nitrogen and oxygen atoms in total. The Balaban J connectivity index is 2.20. The van der Waals surface area contributed by atoms with Crippen molar-refractivity contribution in [1.82, 2.24) is 4.98 Å². The van der Waals surface area contributed by atoms with Crippen molar-refractivity contribution in [2.45, 2.75) is 45.1 Å². The first-order chi connectivity index (χ1) is 7.99. The number of aromatic nitrogens is 1. The fourth-order valence-electron chi connectivity index (χ4n) is 2.06. The molecule has 1 heterocycles. The number of hydrogen-bond acceptors (Lipinski definition) is 3. The molecule has 17 heavy (non-hydrogen) atoms. The van der Waals surface area contributed by atoms with Crippen LogP contribution < -0.4 is 5.32 Å². The lowest BCUT2D eigenvalue weighted by atomic mass is 9.93. The molecule has 0 spiro atoms. The summed E-state index contributed by atoms with van der Waals surface area (Å²) in [6, 6.07) is 1.99. The molecule has 0 bridgehead atoms. The number of carboxylic acids is 1. The SMILES string of the molecule is CC(C)(Nc1cc2c(cn1)CCCC2)C(=O)O. The minimum absolute atomic E-state index is 0.651. The smallest absolute Gasteiger partial charge is 0.328 e. The second kappa shape index (κ2) is 4.35. The van der Waals surface area contributed by atoms with Crippen molar-refractivity contribution in [2.24, 2.45) is 0 Å². The van der Waals surface area contributed by atoms with Gasteiger partial charge in [0, 0.05) is 6.20 Å². The second-order valence-corrected chi connectivity index (χ2v) is 5.10. The van der Waals surface area contributed by atoms with Crippen molar-refractivity contribution in [1.29, 1.82) is 0 Å². The third-order valence-corrected chi connectivity index (χ3v) is 3.20. The maximum Gasteiger partial charge on any atom is 0.328 e. The van der Waals surface area contributed by atoms with Gasteiger partial charge in [-0.1, -0.05) is 0 Å². The molecule has 92 valence electrons. The maximum atomic E-state index is 11.0. The number of rotatable bonds is 3. The molecule has 0 saturated carbocycles. The van der Waals surface area contributed by atoms with E-state index < -0.39 is 11.5 Å². The van der Waals surface area contributed by atoms with Crippen molar-refractivity contribution >= 4 is 11.8 Å². The molecule has 0 aromatic carbocycles. The Morgan fingerprint density at radius 1 is 1.35 bits per heavy atom. The fraction of sp³-hybridized carbons (Fsp3) is 0.538. The van der Waals surface area contributed by atoms with Crippen LogP contribution in [0, 0.1) is 0 Å². The molecular weight excluding hydrogens is 216 g/mol. The number of carbonyl (C=O) groups is 1. The Kier molecular flexibility index (Phi) is 3.05. The number of fused-ring (bicyclic) bond motifs is 1. The molecule has 2 rings (SSSR count). The molecule has 4 heteroatoms. The highest BCUT2D eigenvalue weighted by molar-refractivity contribution is 5.81. The monoisotopic (exact) mass is 234 g/mol. The van der Waals surface area contributed by atoms with E-state index in [1.165, 1.54) is 24.0 Å². The first-order valence-electron chi connectivity index (χ1n) is 5.98. The van der Waals surface area contributed by atoms with Crippen molar-refractivity contribution < 1.29 is 9.90 Å². The number of anilines is 1. The number of nitrogens with zero attached hydrogens (tertiary/aromatic N) is 1. The Hall–Kier alpha value is -1.58. The van der Waals surface area contributed by atoms with Crippen molar-refractivity contribution in [3.8, 4) is 0 Å². The molecule has 1 aromatic rings. The highest BCUT2D eigenvalue weighted by Gasteiger charge is 2.27. The van der Waals surface area contributed by atoms with E-state index in [1.807, 2.05) is 12.3 Å². The van der Waals surface area contributed by atoms with Crippen LogP contribution in [0.4, 0.5) is 5.82 Å². The maximum absolute atomic E-state index is 11.0. The third-order valence-electron chi connectivity index (χ3n) is 3.20. The van der Waals surface area contributed by atoms with Crippen LogP contribution in [-0.4, -0.2) is 21.6 Å². The van der Waals surface area contributed by atoms with Gasteiger partial charge in [-0.25, -0.2) is 9.78 Å². The van der Waals surface area contributed by atoms with Crippen LogP contribution in [0.1, 0.15) is 37.8 Å². The summed E-state index contributed by atoms with van der Waals surface area (Å²) in [5.74, 6) is -0.227. The molecule has 1 aliphatic carbocycles. The number of hydrogen-bond donors (Lipinski definition) is 2. The Bertz CT molecular complexity index is 441. The van der Waals surface area contributed by atoms with E-state index in [0.29, 0.717) is 5.82 Å². The fourth-order valence-corrected chi connectivity index (χ4v) is 2.06. The zero-order chi connectivity index (χ0) is 12.5. The van der Waals surface area contributed by atoms with E-state index in [0.717, 1.165) is 12.8 Å². The lowest BCUT2D eigenvalue weighted by Crippen LogP contribution is -2.40. The normalized spacial score (nSPS) is 15.2. The zero-order valence-corrected chi connectivity index (χ0v) is 10.3. The van der Waals surface area contributed by atoms with Crippen molar-refractivity contribution in [2.75, 3.05) is 5.32 Å². The Labute approximate surface area is 101 Å². The molecular formula is C13H18N2O2. The number of pyridine rings is 1. The average Bonchev–Trinajstić information content (AvgIpc) is 2.28.